The van der Waals surface area contributed by atoms with Crippen LogP contribution in [0.15, 0.2) is 53.1 Å². The summed E-state index contributed by atoms with van der Waals surface area (Å²) in [5.74, 6) is -1.44. The summed E-state index contributed by atoms with van der Waals surface area (Å²) >= 11 is 0. The maximum absolute atomic E-state index is 12.9. The van der Waals surface area contributed by atoms with Gasteiger partial charge in [-0.05, 0) is 43.2 Å². The van der Waals surface area contributed by atoms with Gasteiger partial charge in [0, 0.05) is 5.56 Å². The minimum atomic E-state index is -4.23. The number of benzene rings is 2. The summed E-state index contributed by atoms with van der Waals surface area (Å²) in [5, 5.41) is 9.13. The Labute approximate surface area is 170 Å². The molecule has 0 fully saturated rings. The zero-order chi connectivity index (χ0) is 21.4. The SMILES string of the molecule is CCCCOc1cc(C)ccc1S(=O)(=O)Oc1ccccc1/C=C(\OC)C(=O)O. The van der Waals surface area contributed by atoms with E-state index in [2.05, 4.69) is 0 Å². The van der Waals surface area contributed by atoms with Crippen molar-refractivity contribution in [1.82, 2.24) is 0 Å². The molecule has 0 radical (unpaired) electrons. The van der Waals surface area contributed by atoms with Crippen LogP contribution in [-0.4, -0.2) is 33.2 Å². The first-order valence-electron chi connectivity index (χ1n) is 9.04. The van der Waals surface area contributed by atoms with Crippen molar-refractivity contribution in [1.29, 1.82) is 0 Å². The molecule has 156 valence electrons. The van der Waals surface area contributed by atoms with E-state index >= 15 is 0 Å². The first-order chi connectivity index (χ1) is 13.8. The third-order valence-corrected chi connectivity index (χ3v) is 5.23. The highest BCUT2D eigenvalue weighted by atomic mass is 32.2. The molecule has 2 aromatic rings. The highest BCUT2D eigenvalue weighted by molar-refractivity contribution is 7.87. The van der Waals surface area contributed by atoms with Crippen LogP contribution in [0.25, 0.3) is 6.08 Å². The van der Waals surface area contributed by atoms with Gasteiger partial charge >= 0.3 is 16.1 Å². The number of carboxylic acid groups (broad SMARTS) is 1. The molecule has 0 spiro atoms. The molecular weight excluding hydrogens is 396 g/mol. The van der Waals surface area contributed by atoms with Crippen LogP contribution in [0.1, 0.15) is 30.9 Å². The molecule has 0 aliphatic rings. The van der Waals surface area contributed by atoms with Crippen LogP contribution in [0.4, 0.5) is 0 Å². The summed E-state index contributed by atoms with van der Waals surface area (Å²) in [5.41, 5.74) is 1.10. The topological polar surface area (TPSA) is 99.1 Å². The molecule has 0 unspecified atom stereocenters. The molecule has 7 nitrogen and oxygen atoms in total. The molecule has 0 bridgehead atoms. The molecule has 0 atom stereocenters. The number of aryl methyl sites for hydroxylation is 1. The molecule has 0 saturated carbocycles. The number of carboxylic acids is 1. The molecule has 0 aromatic heterocycles. The lowest BCUT2D eigenvalue weighted by Crippen LogP contribution is -2.13. The first kappa shape index (κ1) is 22.3. The molecule has 1 N–H and O–H groups in total. The maximum atomic E-state index is 12.9. The van der Waals surface area contributed by atoms with Gasteiger partial charge < -0.3 is 18.8 Å². The summed E-state index contributed by atoms with van der Waals surface area (Å²) in [4.78, 5) is 11.1. The van der Waals surface area contributed by atoms with E-state index in [-0.39, 0.29) is 27.7 Å². The maximum Gasteiger partial charge on any atom is 0.371 e. The molecule has 0 aliphatic carbocycles. The molecule has 29 heavy (non-hydrogen) atoms. The fourth-order valence-electron chi connectivity index (χ4n) is 2.45. The quantitative estimate of drug-likeness (QED) is 0.268. The first-order valence-corrected chi connectivity index (χ1v) is 10.4. The number of aliphatic carboxylic acids is 1. The standard InChI is InChI=1S/C21H24O7S/c1-4-5-12-27-18-13-15(2)10-11-20(18)29(24,25)28-17-9-7-6-8-16(17)14-19(26-3)21(22)23/h6-11,13-14H,4-5,12H2,1-3H3,(H,22,23)/b19-14-. The van der Waals surface area contributed by atoms with Crippen molar-refractivity contribution in [2.24, 2.45) is 0 Å². The molecule has 2 aromatic carbocycles. The van der Waals surface area contributed by atoms with Crippen LogP contribution in [-0.2, 0) is 19.6 Å². The third-order valence-electron chi connectivity index (χ3n) is 3.96. The average molecular weight is 420 g/mol. The van der Waals surface area contributed by atoms with Gasteiger partial charge in [0.15, 0.2) is 0 Å². The highest BCUT2D eigenvalue weighted by Crippen LogP contribution is 2.30. The molecule has 8 heteroatoms. The Morgan fingerprint density at radius 2 is 1.86 bits per heavy atom. The van der Waals surface area contributed by atoms with E-state index in [1.165, 1.54) is 31.4 Å². The van der Waals surface area contributed by atoms with Gasteiger partial charge in [-0.2, -0.15) is 8.42 Å². The lowest BCUT2D eigenvalue weighted by Gasteiger charge is -2.14. The smallest absolute Gasteiger partial charge is 0.371 e. The normalized spacial score (nSPS) is 11.8. The van der Waals surface area contributed by atoms with Gasteiger partial charge in [-0.1, -0.05) is 37.6 Å². The second kappa shape index (κ2) is 9.97. The van der Waals surface area contributed by atoms with Crippen molar-refractivity contribution < 1.29 is 32.0 Å². The molecule has 0 aliphatic heterocycles. The lowest BCUT2D eigenvalue weighted by atomic mass is 10.2. The number of carbonyl (C=O) groups is 1. The summed E-state index contributed by atoms with van der Waals surface area (Å²) in [6, 6.07) is 10.9. The van der Waals surface area contributed by atoms with Crippen LogP contribution in [0.2, 0.25) is 0 Å². The van der Waals surface area contributed by atoms with Gasteiger partial charge in [-0.3, -0.25) is 0 Å². The Kier molecular flexibility index (Phi) is 7.67. The number of unbranched alkanes of at least 4 members (excludes halogenated alkanes) is 1. The van der Waals surface area contributed by atoms with Gasteiger partial charge in [0.05, 0.1) is 13.7 Å². The fraction of sp³-hybridized carbons (Fsp3) is 0.286. The van der Waals surface area contributed by atoms with E-state index in [1.54, 1.807) is 24.3 Å². The van der Waals surface area contributed by atoms with Crippen molar-refractivity contribution in [2.75, 3.05) is 13.7 Å². The molecular formula is C21H24O7S. The number of rotatable bonds is 10. The van der Waals surface area contributed by atoms with Crippen LogP contribution in [0, 0.1) is 6.92 Å². The Bertz CT molecular complexity index is 994. The Balaban J connectivity index is 2.42. The Morgan fingerprint density at radius 3 is 2.52 bits per heavy atom. The number of hydrogen-bond donors (Lipinski definition) is 1. The average Bonchev–Trinajstić information content (AvgIpc) is 2.67. The zero-order valence-electron chi connectivity index (χ0n) is 16.5. The van der Waals surface area contributed by atoms with E-state index in [4.69, 9.17) is 18.8 Å². The van der Waals surface area contributed by atoms with E-state index in [9.17, 15) is 13.2 Å². The fourth-order valence-corrected chi connectivity index (χ4v) is 3.53. The molecule has 2 rings (SSSR count). The molecule has 0 heterocycles. The minimum absolute atomic E-state index is 0.0246. The van der Waals surface area contributed by atoms with Crippen molar-refractivity contribution >= 4 is 22.2 Å². The number of hydrogen-bond acceptors (Lipinski definition) is 6. The Hall–Kier alpha value is -3.00. The van der Waals surface area contributed by atoms with E-state index < -0.39 is 16.1 Å². The van der Waals surface area contributed by atoms with Crippen molar-refractivity contribution in [3.8, 4) is 11.5 Å². The summed E-state index contributed by atoms with van der Waals surface area (Å²) in [6.07, 6.45) is 2.90. The largest absolute Gasteiger partial charge is 0.492 e. The van der Waals surface area contributed by atoms with Crippen molar-refractivity contribution in [3.05, 3.63) is 59.4 Å². The molecule has 0 saturated heterocycles. The van der Waals surface area contributed by atoms with Crippen molar-refractivity contribution in [2.45, 2.75) is 31.6 Å². The minimum Gasteiger partial charge on any atom is -0.492 e. The van der Waals surface area contributed by atoms with Crippen LogP contribution in [0.5, 0.6) is 11.5 Å². The number of para-hydroxylation sites is 1. The summed E-state index contributed by atoms with van der Waals surface area (Å²) in [6.45, 7) is 4.23. The zero-order valence-corrected chi connectivity index (χ0v) is 17.4. The number of methoxy groups -OCH3 is 1. The Morgan fingerprint density at radius 1 is 1.14 bits per heavy atom. The predicted molar refractivity (Wildman–Crippen MR) is 108 cm³/mol. The number of ether oxygens (including phenoxy) is 2. The summed E-state index contributed by atoms with van der Waals surface area (Å²) < 4.78 is 41.7. The monoisotopic (exact) mass is 420 g/mol. The van der Waals surface area contributed by atoms with Gasteiger partial charge in [0.2, 0.25) is 5.76 Å². The van der Waals surface area contributed by atoms with Crippen LogP contribution >= 0.6 is 0 Å². The third kappa shape index (κ3) is 5.99. The van der Waals surface area contributed by atoms with E-state index in [1.807, 2.05) is 13.8 Å². The van der Waals surface area contributed by atoms with Gasteiger partial charge in [0.1, 0.15) is 16.4 Å². The summed E-state index contributed by atoms with van der Waals surface area (Å²) in [7, 11) is -3.01. The van der Waals surface area contributed by atoms with E-state index in [0.29, 0.717) is 6.61 Å². The van der Waals surface area contributed by atoms with Crippen molar-refractivity contribution in [3.63, 3.8) is 0 Å². The highest BCUT2D eigenvalue weighted by Gasteiger charge is 2.23. The van der Waals surface area contributed by atoms with Crippen LogP contribution < -0.4 is 8.92 Å². The van der Waals surface area contributed by atoms with Gasteiger partial charge in [-0.25, -0.2) is 4.79 Å². The van der Waals surface area contributed by atoms with Crippen LogP contribution in [0.3, 0.4) is 0 Å². The van der Waals surface area contributed by atoms with E-state index in [0.717, 1.165) is 18.4 Å². The predicted octanol–water partition coefficient (Wildman–Crippen LogP) is 4.01. The lowest BCUT2D eigenvalue weighted by molar-refractivity contribution is -0.135. The van der Waals surface area contributed by atoms with Gasteiger partial charge in [0.25, 0.3) is 0 Å². The second-order valence-corrected chi connectivity index (χ2v) is 7.76. The molecule has 0 amide bonds. The second-order valence-electron chi connectivity index (χ2n) is 6.25. The van der Waals surface area contributed by atoms with Gasteiger partial charge in [-0.15, -0.1) is 0 Å².